The van der Waals surface area contributed by atoms with Crippen molar-refractivity contribution in [2.45, 2.75) is 303 Å². The van der Waals surface area contributed by atoms with Crippen molar-refractivity contribution in [1.29, 1.82) is 0 Å². The highest BCUT2D eigenvalue weighted by Crippen LogP contribution is 2.23. The molecule has 1 fully saturated rings. The van der Waals surface area contributed by atoms with E-state index in [0.717, 1.165) is 19.3 Å². The van der Waals surface area contributed by atoms with E-state index in [1.165, 1.54) is 250 Å². The van der Waals surface area contributed by atoms with Crippen molar-refractivity contribution in [3.05, 3.63) is 36.5 Å². The molecule has 72 heavy (non-hydrogen) atoms. The summed E-state index contributed by atoms with van der Waals surface area (Å²) < 4.78 is 25.4. The molecule has 0 bridgehead atoms. The average Bonchev–Trinajstić information content (AvgIpc) is 3.37. The number of ether oxygens (including phenoxy) is 4. The van der Waals surface area contributed by atoms with Gasteiger partial charge in [0.1, 0.15) is 6.61 Å². The number of carbonyl (C=O) groups excluding carboxylic acids is 1. The molecule has 0 atom stereocenters. The SMILES string of the molecule is CCCCCCCC/C=C\CCCCCCCCOCC(COCCCCCCCC/C=C\CCCCCCCC)(COCCCCCCCC/C=C\CCCCCCCC)COC(=O)CCN1CC(O)C1. The fourth-order valence-electron chi connectivity index (χ4n) is 9.75. The Morgan fingerprint density at radius 2 is 0.667 bits per heavy atom. The molecule has 1 heterocycles. The first kappa shape index (κ1) is 68.5. The first-order valence-corrected chi connectivity index (χ1v) is 31.8. The van der Waals surface area contributed by atoms with Crippen LogP contribution in [0.4, 0.5) is 0 Å². The predicted molar refractivity (Wildman–Crippen MR) is 311 cm³/mol. The van der Waals surface area contributed by atoms with Crippen LogP contribution in [0.15, 0.2) is 36.5 Å². The van der Waals surface area contributed by atoms with E-state index in [1.807, 2.05) is 0 Å². The van der Waals surface area contributed by atoms with Gasteiger partial charge in [0.2, 0.25) is 0 Å². The van der Waals surface area contributed by atoms with Crippen molar-refractivity contribution in [3.8, 4) is 0 Å². The summed E-state index contributed by atoms with van der Waals surface area (Å²) >= 11 is 0. The maximum absolute atomic E-state index is 13.1. The van der Waals surface area contributed by atoms with E-state index >= 15 is 0 Å². The third-order valence-electron chi connectivity index (χ3n) is 14.7. The third kappa shape index (κ3) is 48.2. The van der Waals surface area contributed by atoms with Gasteiger partial charge in [0.25, 0.3) is 0 Å². The Kier molecular flexibility index (Phi) is 53.0. The van der Waals surface area contributed by atoms with Gasteiger partial charge in [-0.1, -0.05) is 231 Å². The number of aliphatic hydroxyl groups excluding tert-OH is 1. The first-order valence-electron chi connectivity index (χ1n) is 31.8. The summed E-state index contributed by atoms with van der Waals surface area (Å²) in [6, 6.07) is 0. The normalized spacial score (nSPS) is 13.7. The lowest BCUT2D eigenvalue weighted by Crippen LogP contribution is -2.51. The number of hydrogen-bond acceptors (Lipinski definition) is 7. The maximum Gasteiger partial charge on any atom is 0.307 e. The number of carbonyl (C=O) groups is 1. The van der Waals surface area contributed by atoms with E-state index in [-0.39, 0.29) is 18.7 Å². The highest BCUT2D eigenvalue weighted by Gasteiger charge is 2.34. The minimum atomic E-state index is -0.545. The quantitative estimate of drug-likeness (QED) is 0.0369. The average molecular weight is 1010 g/mol. The summed E-state index contributed by atoms with van der Waals surface area (Å²) in [7, 11) is 0. The Labute approximate surface area is 448 Å². The Balaban J connectivity index is 2.56. The van der Waals surface area contributed by atoms with Crippen molar-refractivity contribution in [2.24, 2.45) is 5.41 Å². The second-order valence-electron chi connectivity index (χ2n) is 22.3. The van der Waals surface area contributed by atoms with Gasteiger partial charge in [0.15, 0.2) is 0 Å². The van der Waals surface area contributed by atoms with Crippen LogP contribution in [0.25, 0.3) is 0 Å². The molecule has 7 heteroatoms. The molecule has 0 aromatic rings. The summed E-state index contributed by atoms with van der Waals surface area (Å²) in [5.41, 5.74) is -0.545. The molecule has 1 aliphatic rings. The molecule has 0 radical (unpaired) electrons. The van der Waals surface area contributed by atoms with Crippen LogP contribution in [0.5, 0.6) is 0 Å². The van der Waals surface area contributed by atoms with Crippen LogP contribution in [-0.2, 0) is 23.7 Å². The summed E-state index contributed by atoms with van der Waals surface area (Å²) in [5, 5.41) is 9.73. The zero-order valence-electron chi connectivity index (χ0n) is 48.5. The fraction of sp³-hybridized carbons (Fsp3) is 0.892. The lowest BCUT2D eigenvalue weighted by Gasteiger charge is -2.35. The van der Waals surface area contributed by atoms with Crippen LogP contribution < -0.4 is 0 Å². The van der Waals surface area contributed by atoms with Crippen molar-refractivity contribution in [3.63, 3.8) is 0 Å². The Morgan fingerprint density at radius 3 is 0.944 bits per heavy atom. The van der Waals surface area contributed by atoms with Gasteiger partial charge in [-0.25, -0.2) is 0 Å². The van der Waals surface area contributed by atoms with Gasteiger partial charge in [0, 0.05) is 39.5 Å². The minimum absolute atomic E-state index is 0.198. The van der Waals surface area contributed by atoms with Crippen LogP contribution >= 0.6 is 0 Å². The molecule has 0 spiro atoms. The maximum atomic E-state index is 13.1. The smallest absolute Gasteiger partial charge is 0.307 e. The number of nitrogens with zero attached hydrogens (tertiary/aromatic N) is 1. The molecule has 0 aromatic heterocycles. The van der Waals surface area contributed by atoms with Crippen molar-refractivity contribution in [2.75, 3.05) is 65.9 Å². The molecule has 1 rings (SSSR count). The number of rotatable bonds is 59. The molecular formula is C65H123NO6. The monoisotopic (exact) mass is 1010 g/mol. The minimum Gasteiger partial charge on any atom is -0.465 e. The Morgan fingerprint density at radius 1 is 0.403 bits per heavy atom. The number of allylic oxidation sites excluding steroid dienone is 6. The predicted octanol–water partition coefficient (Wildman–Crippen LogP) is 18.7. The van der Waals surface area contributed by atoms with Crippen LogP contribution in [0.2, 0.25) is 0 Å². The van der Waals surface area contributed by atoms with Crippen molar-refractivity contribution < 1.29 is 28.8 Å². The highest BCUT2D eigenvalue weighted by molar-refractivity contribution is 5.69. The molecule has 1 aliphatic heterocycles. The standard InChI is InChI=1S/C65H123NO6/c1-4-7-10-13-16-19-22-25-28-31-34-37-40-43-46-49-54-69-59-65(62-72-64(68)52-53-66-57-63(67)58-66,60-70-55-50-47-44-41-38-35-32-29-26-23-20-17-14-11-8-5-2)61-71-56-51-48-45-42-39-36-33-30-27-24-21-18-15-12-9-6-3/h25-30,63,67H,4-24,31-62H2,1-3H3/b28-25-,29-26-,30-27-. The second kappa shape index (κ2) is 55.7. The van der Waals surface area contributed by atoms with Crippen molar-refractivity contribution in [1.82, 2.24) is 4.90 Å². The molecule has 0 aliphatic carbocycles. The van der Waals surface area contributed by atoms with Gasteiger partial charge in [-0.3, -0.25) is 9.69 Å². The van der Waals surface area contributed by atoms with Gasteiger partial charge >= 0.3 is 5.97 Å². The van der Waals surface area contributed by atoms with Crippen LogP contribution in [0.3, 0.4) is 0 Å². The van der Waals surface area contributed by atoms with Crippen molar-refractivity contribution >= 4 is 5.97 Å². The van der Waals surface area contributed by atoms with E-state index < -0.39 is 5.41 Å². The van der Waals surface area contributed by atoms with Gasteiger partial charge < -0.3 is 24.1 Å². The van der Waals surface area contributed by atoms with E-state index in [4.69, 9.17) is 18.9 Å². The largest absolute Gasteiger partial charge is 0.465 e. The molecule has 424 valence electrons. The molecule has 7 nitrogen and oxygen atoms in total. The van der Waals surface area contributed by atoms with Gasteiger partial charge in [-0.15, -0.1) is 0 Å². The molecule has 1 N–H and O–H groups in total. The molecular weight excluding hydrogens is 891 g/mol. The highest BCUT2D eigenvalue weighted by atomic mass is 16.5. The van der Waals surface area contributed by atoms with Crippen LogP contribution in [0, 0.1) is 5.41 Å². The Hall–Kier alpha value is -1.51. The van der Waals surface area contributed by atoms with E-state index in [1.54, 1.807) is 0 Å². The summed E-state index contributed by atoms with van der Waals surface area (Å²) in [5.74, 6) is -0.198. The third-order valence-corrected chi connectivity index (χ3v) is 14.7. The molecule has 0 amide bonds. The number of aliphatic hydroxyl groups is 1. The van der Waals surface area contributed by atoms with E-state index in [2.05, 4.69) is 62.1 Å². The molecule has 1 saturated heterocycles. The number of hydrogen-bond donors (Lipinski definition) is 1. The zero-order valence-corrected chi connectivity index (χ0v) is 48.5. The Bertz CT molecular complexity index is 1070. The number of likely N-dealkylation sites (tertiary alicyclic amines) is 1. The summed E-state index contributed by atoms with van der Waals surface area (Å²) in [4.78, 5) is 15.2. The zero-order chi connectivity index (χ0) is 51.8. The second-order valence-corrected chi connectivity index (χ2v) is 22.3. The number of esters is 1. The first-order chi connectivity index (χ1) is 35.5. The topological polar surface area (TPSA) is 77.5 Å². The molecule has 0 aromatic carbocycles. The lowest BCUT2D eigenvalue weighted by molar-refractivity contribution is -0.157. The summed E-state index contributed by atoms with van der Waals surface area (Å²) in [6.45, 7) is 12.5. The van der Waals surface area contributed by atoms with E-state index in [0.29, 0.717) is 65.7 Å². The lowest BCUT2D eigenvalue weighted by atomic mass is 9.92. The number of β-amino-alcohol motifs (C(OH)–C–C–N with tert-alkyl or cyclic N) is 1. The molecule has 0 unspecified atom stereocenters. The van der Waals surface area contributed by atoms with Gasteiger partial charge in [-0.2, -0.15) is 0 Å². The van der Waals surface area contributed by atoms with Gasteiger partial charge in [0.05, 0.1) is 37.8 Å². The van der Waals surface area contributed by atoms with Crippen LogP contribution in [0.1, 0.15) is 297 Å². The van der Waals surface area contributed by atoms with Gasteiger partial charge in [-0.05, 0) is 96.3 Å². The molecule has 0 saturated carbocycles. The fourth-order valence-corrected chi connectivity index (χ4v) is 9.75. The van der Waals surface area contributed by atoms with E-state index in [9.17, 15) is 9.90 Å². The number of unbranched alkanes of at least 4 members (excludes halogenated alkanes) is 36. The summed E-state index contributed by atoms with van der Waals surface area (Å²) in [6.07, 6.45) is 68.7. The van der Waals surface area contributed by atoms with Crippen LogP contribution in [-0.4, -0.2) is 88.0 Å².